The van der Waals surface area contributed by atoms with Crippen LogP contribution in [0.1, 0.15) is 330 Å². The molecule has 0 aromatic rings. The molecule has 0 radical (unpaired) electrons. The Morgan fingerprint density at radius 1 is 0.540 bits per heavy atom. The Morgan fingerprint density at radius 2 is 0.970 bits per heavy atom. The Balaban J connectivity index is 1.14. The van der Waals surface area contributed by atoms with Gasteiger partial charge in [-0.15, -0.1) is 0 Å². The Bertz CT molecular complexity index is 2500. The van der Waals surface area contributed by atoms with Gasteiger partial charge in [-0.25, -0.2) is 4.39 Å². The number of allylic oxidation sites excluding steroid dienone is 7. The van der Waals surface area contributed by atoms with Crippen LogP contribution < -0.4 is 0 Å². The molecular formula is C83H135FO16. The Morgan fingerprint density at radius 3 is 1.49 bits per heavy atom. The van der Waals surface area contributed by atoms with Gasteiger partial charge in [-0.2, -0.15) is 0 Å². The van der Waals surface area contributed by atoms with Crippen molar-refractivity contribution in [2.75, 3.05) is 19.8 Å². The third kappa shape index (κ3) is 30.1. The van der Waals surface area contributed by atoms with Crippen LogP contribution in [0.25, 0.3) is 0 Å². The number of esters is 5. The predicted molar refractivity (Wildman–Crippen MR) is 391 cm³/mol. The zero-order valence-corrected chi connectivity index (χ0v) is 62.8. The first-order valence-corrected chi connectivity index (χ1v) is 39.8. The van der Waals surface area contributed by atoms with E-state index in [1.807, 2.05) is 6.08 Å². The molecule has 4 rings (SSSR count). The van der Waals surface area contributed by atoms with Crippen molar-refractivity contribution in [2.24, 2.45) is 28.6 Å². The third-order valence-corrected chi connectivity index (χ3v) is 22.1. The van der Waals surface area contributed by atoms with Gasteiger partial charge in [-0.05, 0) is 153 Å². The fourth-order valence-corrected chi connectivity index (χ4v) is 16.0. The first-order chi connectivity index (χ1) is 48.1. The van der Waals surface area contributed by atoms with Crippen molar-refractivity contribution in [3.63, 3.8) is 0 Å². The topological polar surface area (TPSA) is 247 Å². The number of ether oxygens (including phenoxy) is 5. The lowest BCUT2D eigenvalue weighted by atomic mass is 9.44. The van der Waals surface area contributed by atoms with Crippen LogP contribution in [0.4, 0.5) is 4.39 Å². The van der Waals surface area contributed by atoms with Gasteiger partial charge in [-0.1, -0.05) is 211 Å². The summed E-state index contributed by atoms with van der Waals surface area (Å²) >= 11 is 0. The molecule has 0 amide bonds. The van der Waals surface area contributed by atoms with Gasteiger partial charge in [0.2, 0.25) is 5.78 Å². The summed E-state index contributed by atoms with van der Waals surface area (Å²) in [6.45, 7) is 10.6. The highest BCUT2D eigenvalue weighted by molar-refractivity contribution is 6.01. The highest BCUT2D eigenvalue weighted by Crippen LogP contribution is 2.70. The quantitative estimate of drug-likeness (QED) is 0.0191. The zero-order chi connectivity index (χ0) is 73.1. The van der Waals surface area contributed by atoms with E-state index in [4.69, 9.17) is 23.7 Å². The molecule has 0 unspecified atom stereocenters. The predicted octanol–water partition coefficient (Wildman–Crippen LogP) is 17.8. The van der Waals surface area contributed by atoms with Gasteiger partial charge in [0, 0.05) is 42.4 Å². The van der Waals surface area contributed by atoms with Crippen molar-refractivity contribution < 1.29 is 82.1 Å². The van der Waals surface area contributed by atoms with Gasteiger partial charge in [-0.3, -0.25) is 33.6 Å². The maximum absolute atomic E-state index is 17.6. The summed E-state index contributed by atoms with van der Waals surface area (Å²) in [5.41, 5.74) is -5.93. The number of Topliss-reactive ketones (excluding diaryl/α,β-unsaturated/α-hetero) is 1. The smallest absolute Gasteiger partial charge is 0.306 e. The minimum atomic E-state index is -2.12. The maximum Gasteiger partial charge on any atom is 0.306 e. The van der Waals surface area contributed by atoms with Gasteiger partial charge in [0.25, 0.3) is 0 Å². The minimum Gasteiger partial charge on any atom is -0.462 e. The summed E-state index contributed by atoms with van der Waals surface area (Å²) in [6.07, 6.45) is 48.6. The number of aliphatic hydroxyl groups is 4. The summed E-state index contributed by atoms with van der Waals surface area (Å²) in [7, 11) is 0. The molecule has 4 N–H and O–H groups in total. The summed E-state index contributed by atoms with van der Waals surface area (Å²) in [4.78, 5) is 91.3. The lowest BCUT2D eigenvalue weighted by Gasteiger charge is -2.62. The monoisotopic (exact) mass is 1410 g/mol. The standard InChI is InChI=1S/C83H135FO16/c1-7-10-13-34-43-66(85)45-36-28-22-16-19-25-31-40-49-75(90)96-61-70(62-97-76(91)50-41-32-26-20-17-23-29-37-46-67(86)44-35-14-11-8-2)100-78(93)51-42-33-27-21-18-24-30-39-48-69(47-38-15-12-9-3)99-79(94)55-54-77(92)98-63-74(89)83(95)64(4)58-72-71-53-52-65-59-68(87)56-57-80(65,5)82(71,84)73(88)60-81(72,83)6/h28-30,36-37,39,56-57,59,64,66-67,69-73,85-86,88,95H,7-27,31-35,38,40-55,58,60-63H2,1-6H3/b36-28-,37-29-,39-30-/t64-,66-,67-,69-,71+,72+,73+,80+,81+,82+,83+/m1/s1. The lowest BCUT2D eigenvalue weighted by Crippen LogP contribution is -2.69. The van der Waals surface area contributed by atoms with Gasteiger partial charge >= 0.3 is 29.8 Å². The Labute approximate surface area is 601 Å². The SMILES string of the molecule is CCCCCC[C@@H](O)C/C=C\CCCCCCCC(=O)OCC(COC(=O)CCCCCCC/C=C\C[C@H](O)CCCCCC)OC(=O)CCCCCCC/C=C\C[C@@H](CCCCCC)OC(=O)CCC(=O)OCC(=O)[C@@]1(O)[C@H](C)C[C@H]2[C@@H]3CCC4=CC(=O)C=C[C@]4(C)[C@@]3(F)[C@@H](O)C[C@@]21C. The highest BCUT2D eigenvalue weighted by atomic mass is 19.1. The lowest BCUT2D eigenvalue weighted by molar-refractivity contribution is -0.220. The van der Waals surface area contributed by atoms with Crippen molar-refractivity contribution in [3.8, 4) is 0 Å². The van der Waals surface area contributed by atoms with Crippen LogP contribution in [0.15, 0.2) is 60.3 Å². The molecule has 3 fully saturated rings. The number of unbranched alkanes of at least 4 members (excludes halogenated alkanes) is 24. The number of hydrogen-bond acceptors (Lipinski definition) is 16. The fourth-order valence-electron chi connectivity index (χ4n) is 16.0. The molecule has 0 bridgehead atoms. The zero-order valence-electron chi connectivity index (χ0n) is 62.8. The number of halogens is 1. The average molecular weight is 1410 g/mol. The number of aliphatic hydroxyl groups excluding tert-OH is 3. The fraction of sp³-hybridized carbons (Fsp3) is 0.795. The third-order valence-electron chi connectivity index (χ3n) is 22.1. The van der Waals surface area contributed by atoms with E-state index < -0.39 is 82.4 Å². The number of carbonyl (C=O) groups is 7. The summed E-state index contributed by atoms with van der Waals surface area (Å²) < 4.78 is 45.8. The molecule has 16 nitrogen and oxygen atoms in total. The molecule has 17 heteroatoms. The van der Waals surface area contributed by atoms with Crippen LogP contribution in [-0.4, -0.2) is 123 Å². The van der Waals surface area contributed by atoms with Gasteiger partial charge in [0.1, 0.15) is 24.9 Å². The van der Waals surface area contributed by atoms with Crippen molar-refractivity contribution in [3.05, 3.63) is 60.3 Å². The maximum atomic E-state index is 17.6. The van der Waals surface area contributed by atoms with Crippen LogP contribution in [0.5, 0.6) is 0 Å². The van der Waals surface area contributed by atoms with E-state index in [-0.39, 0.29) is 87.8 Å². The summed E-state index contributed by atoms with van der Waals surface area (Å²) in [5.74, 6) is -5.28. The molecule has 0 saturated heterocycles. The van der Waals surface area contributed by atoms with Gasteiger partial charge in [0.15, 0.2) is 24.2 Å². The van der Waals surface area contributed by atoms with Crippen LogP contribution in [-0.2, 0) is 57.2 Å². The first kappa shape index (κ1) is 87.6. The number of alkyl halides is 1. The molecule has 0 aliphatic heterocycles. The Hall–Kier alpha value is -4.84. The van der Waals surface area contributed by atoms with Gasteiger partial charge < -0.3 is 44.1 Å². The van der Waals surface area contributed by atoms with Crippen molar-refractivity contribution in [2.45, 2.75) is 372 Å². The second kappa shape index (κ2) is 49.0. The van der Waals surface area contributed by atoms with E-state index >= 15 is 4.39 Å². The number of ketones is 2. The van der Waals surface area contributed by atoms with Crippen LogP contribution >= 0.6 is 0 Å². The molecule has 3 saturated carbocycles. The molecule has 0 spiro atoms. The van der Waals surface area contributed by atoms with Gasteiger partial charge in [0.05, 0.1) is 31.2 Å². The second-order valence-corrected chi connectivity index (χ2v) is 30.2. The molecule has 11 atom stereocenters. The average Bonchev–Trinajstić information content (AvgIpc) is 1.38. The van der Waals surface area contributed by atoms with Crippen LogP contribution in [0, 0.1) is 28.6 Å². The normalized spacial score (nSPS) is 24.2. The minimum absolute atomic E-state index is 0.177. The van der Waals surface area contributed by atoms with E-state index in [0.717, 1.165) is 148 Å². The number of fused-ring (bicyclic) bond motifs is 5. The van der Waals surface area contributed by atoms with E-state index in [2.05, 4.69) is 51.2 Å². The largest absolute Gasteiger partial charge is 0.462 e. The van der Waals surface area contributed by atoms with E-state index in [9.17, 15) is 54.0 Å². The highest BCUT2D eigenvalue weighted by Gasteiger charge is 2.75. The number of rotatable bonds is 57. The molecule has 0 heterocycles. The van der Waals surface area contributed by atoms with Crippen LogP contribution in [0.2, 0.25) is 0 Å². The Kier molecular flexibility index (Phi) is 42.9. The van der Waals surface area contributed by atoms with E-state index in [0.29, 0.717) is 69.8 Å². The molecule has 4 aliphatic carbocycles. The summed E-state index contributed by atoms with van der Waals surface area (Å²) in [6, 6.07) is 0. The molecular weight excluding hydrogens is 1270 g/mol. The molecule has 0 aromatic carbocycles. The molecule has 570 valence electrons. The second-order valence-electron chi connectivity index (χ2n) is 30.2. The van der Waals surface area contributed by atoms with Crippen molar-refractivity contribution in [1.29, 1.82) is 0 Å². The molecule has 100 heavy (non-hydrogen) atoms. The van der Waals surface area contributed by atoms with Crippen molar-refractivity contribution >= 4 is 41.4 Å². The number of carbonyl (C=O) groups excluding carboxylic acids is 7. The van der Waals surface area contributed by atoms with E-state index in [1.165, 1.54) is 50.7 Å². The van der Waals surface area contributed by atoms with E-state index in [1.54, 1.807) is 26.8 Å². The number of hydrogen-bond donors (Lipinski definition) is 4. The van der Waals surface area contributed by atoms with Crippen molar-refractivity contribution in [1.82, 2.24) is 0 Å². The first-order valence-electron chi connectivity index (χ1n) is 39.8. The summed E-state index contributed by atoms with van der Waals surface area (Å²) in [5, 5.41) is 44.4. The molecule has 0 aromatic heterocycles. The van der Waals surface area contributed by atoms with Crippen LogP contribution in [0.3, 0.4) is 0 Å². The molecule has 4 aliphatic rings.